The number of nitrogens with one attached hydrogen (secondary N) is 1. The van der Waals surface area contributed by atoms with Gasteiger partial charge in [-0.2, -0.15) is 0 Å². The number of carbonyl (C=O) groups is 1. The van der Waals surface area contributed by atoms with Crippen LogP contribution >= 0.6 is 0 Å². The van der Waals surface area contributed by atoms with Gasteiger partial charge in [0.25, 0.3) is 5.91 Å². The fourth-order valence-corrected chi connectivity index (χ4v) is 4.07. The second-order valence-corrected chi connectivity index (χ2v) is 7.47. The Hall–Kier alpha value is -2.15. The van der Waals surface area contributed by atoms with E-state index >= 15 is 0 Å². The molecule has 22 heavy (non-hydrogen) atoms. The van der Waals surface area contributed by atoms with E-state index in [0.29, 0.717) is 17.7 Å². The van der Waals surface area contributed by atoms with Gasteiger partial charge >= 0.3 is 0 Å². The van der Waals surface area contributed by atoms with Crippen LogP contribution in [0.15, 0.2) is 40.8 Å². The Balaban J connectivity index is 1.71. The van der Waals surface area contributed by atoms with Gasteiger partial charge in [0.15, 0.2) is 15.6 Å². The molecule has 116 valence electrons. The van der Waals surface area contributed by atoms with Crippen LogP contribution in [0.3, 0.4) is 0 Å². The van der Waals surface area contributed by atoms with E-state index in [0.717, 1.165) is 0 Å². The predicted octanol–water partition coefficient (Wildman–Crippen LogP) is 2.00. The van der Waals surface area contributed by atoms with Crippen molar-refractivity contribution in [1.29, 1.82) is 0 Å². The highest BCUT2D eigenvalue weighted by molar-refractivity contribution is 7.91. The van der Waals surface area contributed by atoms with Crippen LogP contribution in [0.4, 0.5) is 4.39 Å². The first-order chi connectivity index (χ1) is 10.4. The Morgan fingerprint density at radius 3 is 2.55 bits per heavy atom. The zero-order valence-electron chi connectivity index (χ0n) is 11.6. The van der Waals surface area contributed by atoms with E-state index in [1.54, 1.807) is 18.2 Å². The third-order valence-electron chi connectivity index (χ3n) is 3.53. The molecule has 2 heterocycles. The number of rotatable bonds is 3. The molecule has 1 aliphatic rings. The van der Waals surface area contributed by atoms with E-state index in [-0.39, 0.29) is 29.1 Å². The summed E-state index contributed by atoms with van der Waals surface area (Å²) in [7, 11) is -3.05. The highest BCUT2D eigenvalue weighted by Crippen LogP contribution is 2.22. The Bertz CT molecular complexity index is 795. The van der Waals surface area contributed by atoms with E-state index in [2.05, 4.69) is 5.32 Å². The van der Waals surface area contributed by atoms with E-state index in [1.807, 2.05) is 0 Å². The molecule has 7 heteroatoms. The number of sulfone groups is 1. The first kappa shape index (κ1) is 14.8. The van der Waals surface area contributed by atoms with Crippen LogP contribution < -0.4 is 5.32 Å². The van der Waals surface area contributed by atoms with Crippen molar-refractivity contribution in [2.75, 3.05) is 11.5 Å². The molecule has 0 radical (unpaired) electrons. The van der Waals surface area contributed by atoms with Crippen molar-refractivity contribution in [2.45, 2.75) is 12.5 Å². The first-order valence-corrected chi connectivity index (χ1v) is 8.62. The summed E-state index contributed by atoms with van der Waals surface area (Å²) in [5.74, 6) is -0.194. The van der Waals surface area contributed by atoms with Gasteiger partial charge in [0.05, 0.1) is 11.5 Å². The molecule has 5 nitrogen and oxygen atoms in total. The quantitative estimate of drug-likeness (QED) is 0.937. The topological polar surface area (TPSA) is 76.4 Å². The number of benzene rings is 1. The predicted molar refractivity (Wildman–Crippen MR) is 78.6 cm³/mol. The van der Waals surface area contributed by atoms with Gasteiger partial charge in [-0.3, -0.25) is 4.79 Å². The summed E-state index contributed by atoms with van der Waals surface area (Å²) in [6.45, 7) is 0. The van der Waals surface area contributed by atoms with Gasteiger partial charge in [-0.15, -0.1) is 0 Å². The van der Waals surface area contributed by atoms with Crippen molar-refractivity contribution in [2.24, 2.45) is 0 Å². The SMILES string of the molecule is O=C(N[C@H]1CCS(=O)(=O)C1)c1ccc(-c2ccc(F)cc2)o1. The molecule has 1 atom stereocenters. The number of furan rings is 1. The van der Waals surface area contributed by atoms with Crippen LogP contribution in [0.5, 0.6) is 0 Å². The molecular formula is C15H14FNO4S. The van der Waals surface area contributed by atoms with Crippen LogP contribution in [0, 0.1) is 5.82 Å². The fourth-order valence-electron chi connectivity index (χ4n) is 2.39. The third kappa shape index (κ3) is 3.19. The molecule has 1 saturated heterocycles. The fraction of sp³-hybridized carbons (Fsp3) is 0.267. The monoisotopic (exact) mass is 323 g/mol. The van der Waals surface area contributed by atoms with Gasteiger partial charge in [0, 0.05) is 11.6 Å². The lowest BCUT2D eigenvalue weighted by Gasteiger charge is -2.08. The van der Waals surface area contributed by atoms with Crippen LogP contribution in [0.1, 0.15) is 17.0 Å². The lowest BCUT2D eigenvalue weighted by atomic mass is 10.2. The molecule has 0 unspecified atom stereocenters. The van der Waals surface area contributed by atoms with Crippen molar-refractivity contribution in [3.8, 4) is 11.3 Å². The van der Waals surface area contributed by atoms with Crippen molar-refractivity contribution in [1.82, 2.24) is 5.32 Å². The second-order valence-electron chi connectivity index (χ2n) is 5.24. The maximum Gasteiger partial charge on any atom is 0.287 e. The van der Waals surface area contributed by atoms with Crippen molar-refractivity contribution < 1.29 is 22.0 Å². The van der Waals surface area contributed by atoms with Gasteiger partial charge in [0.2, 0.25) is 0 Å². The molecule has 0 aliphatic carbocycles. The Labute approximate surface area is 127 Å². The molecular weight excluding hydrogens is 309 g/mol. The van der Waals surface area contributed by atoms with E-state index in [4.69, 9.17) is 4.42 Å². The average molecular weight is 323 g/mol. The van der Waals surface area contributed by atoms with Crippen molar-refractivity contribution in [3.63, 3.8) is 0 Å². The average Bonchev–Trinajstić information content (AvgIpc) is 3.06. The second kappa shape index (κ2) is 5.57. The molecule has 1 aliphatic heterocycles. The molecule has 0 bridgehead atoms. The summed E-state index contributed by atoms with van der Waals surface area (Å²) in [6.07, 6.45) is 0.416. The maximum atomic E-state index is 12.9. The minimum atomic E-state index is -3.05. The van der Waals surface area contributed by atoms with Crippen LogP contribution in [0.2, 0.25) is 0 Å². The maximum absolute atomic E-state index is 12.9. The van der Waals surface area contributed by atoms with Crippen molar-refractivity contribution >= 4 is 15.7 Å². The minimum Gasteiger partial charge on any atom is -0.451 e. The highest BCUT2D eigenvalue weighted by Gasteiger charge is 2.29. The summed E-state index contributed by atoms with van der Waals surface area (Å²) in [4.78, 5) is 12.1. The molecule has 0 saturated carbocycles. The number of hydrogen-bond donors (Lipinski definition) is 1. The number of halogens is 1. The zero-order chi connectivity index (χ0) is 15.7. The summed E-state index contributed by atoms with van der Waals surface area (Å²) < 4.78 is 41.1. The van der Waals surface area contributed by atoms with Gasteiger partial charge in [0.1, 0.15) is 11.6 Å². The molecule has 3 rings (SSSR count). The summed E-state index contributed by atoms with van der Waals surface area (Å²) >= 11 is 0. The Morgan fingerprint density at radius 2 is 1.91 bits per heavy atom. The standard InChI is InChI=1S/C15H14FNO4S/c16-11-3-1-10(2-4-11)13-5-6-14(21-13)15(18)17-12-7-8-22(19,20)9-12/h1-6,12H,7-9H2,(H,17,18)/t12-/m0/s1. The Morgan fingerprint density at radius 1 is 1.18 bits per heavy atom. The van der Waals surface area contributed by atoms with Crippen LogP contribution in [-0.2, 0) is 9.84 Å². The molecule has 1 N–H and O–H groups in total. The van der Waals surface area contributed by atoms with Crippen molar-refractivity contribution in [3.05, 3.63) is 48.0 Å². The third-order valence-corrected chi connectivity index (χ3v) is 5.29. The zero-order valence-corrected chi connectivity index (χ0v) is 12.4. The molecule has 2 aromatic rings. The lowest BCUT2D eigenvalue weighted by molar-refractivity contribution is 0.0914. The number of amides is 1. The van der Waals surface area contributed by atoms with Crippen LogP contribution in [0.25, 0.3) is 11.3 Å². The number of carbonyl (C=O) groups excluding carboxylic acids is 1. The summed E-state index contributed by atoms with van der Waals surface area (Å²) in [6, 6.07) is 8.48. The largest absolute Gasteiger partial charge is 0.451 e. The van der Waals surface area contributed by atoms with Gasteiger partial charge in [-0.25, -0.2) is 12.8 Å². The molecule has 0 spiro atoms. The van der Waals surface area contributed by atoms with E-state index in [9.17, 15) is 17.6 Å². The van der Waals surface area contributed by atoms with Gasteiger partial charge in [-0.05, 0) is 42.8 Å². The molecule has 1 fully saturated rings. The minimum absolute atomic E-state index is 0.0374. The van der Waals surface area contributed by atoms with Crippen LogP contribution in [-0.4, -0.2) is 31.9 Å². The molecule has 1 aromatic carbocycles. The smallest absolute Gasteiger partial charge is 0.287 e. The molecule has 1 aromatic heterocycles. The van der Waals surface area contributed by atoms with Gasteiger partial charge < -0.3 is 9.73 Å². The first-order valence-electron chi connectivity index (χ1n) is 6.80. The van der Waals surface area contributed by atoms with Gasteiger partial charge in [-0.1, -0.05) is 0 Å². The summed E-state index contributed by atoms with van der Waals surface area (Å²) in [5.41, 5.74) is 0.656. The highest BCUT2D eigenvalue weighted by atomic mass is 32.2. The van der Waals surface area contributed by atoms with E-state index < -0.39 is 15.7 Å². The summed E-state index contributed by atoms with van der Waals surface area (Å²) in [5, 5.41) is 2.65. The molecule has 1 amide bonds. The number of hydrogen-bond acceptors (Lipinski definition) is 4. The normalized spacial score (nSPS) is 20.0. The van der Waals surface area contributed by atoms with E-state index in [1.165, 1.54) is 18.2 Å². The Kier molecular flexibility index (Phi) is 3.74. The lowest BCUT2D eigenvalue weighted by Crippen LogP contribution is -2.35.